The van der Waals surface area contributed by atoms with E-state index >= 15 is 0 Å². The molecule has 0 aliphatic heterocycles. The zero-order valence-corrected chi connectivity index (χ0v) is 11.0. The Bertz CT molecular complexity index is 361. The van der Waals surface area contributed by atoms with Crippen LogP contribution in [0.1, 0.15) is 39.2 Å². The smallest absolute Gasteiger partial charge is 0.241 e. The number of hydrogen-bond acceptors (Lipinski definition) is 2. The van der Waals surface area contributed by atoms with E-state index in [4.69, 9.17) is 4.74 Å². The number of halogens is 2. The first-order valence-corrected chi connectivity index (χ1v) is 6.13. The quantitative estimate of drug-likeness (QED) is 0.842. The first kappa shape index (κ1) is 14.9. The van der Waals surface area contributed by atoms with Crippen molar-refractivity contribution >= 4 is 0 Å². The zero-order valence-electron chi connectivity index (χ0n) is 11.0. The topological polar surface area (TPSA) is 29.5 Å². The van der Waals surface area contributed by atoms with Gasteiger partial charge in [0, 0.05) is 6.42 Å². The lowest BCUT2D eigenvalue weighted by Gasteiger charge is -2.23. The second-order valence-electron chi connectivity index (χ2n) is 4.73. The fourth-order valence-electron chi connectivity index (χ4n) is 1.63. The Morgan fingerprint density at radius 1 is 1.28 bits per heavy atom. The summed E-state index contributed by atoms with van der Waals surface area (Å²) < 4.78 is 30.2. The molecule has 102 valence electrons. The third kappa shape index (κ3) is 4.26. The minimum atomic E-state index is -2.53. The van der Waals surface area contributed by atoms with Gasteiger partial charge in [0.25, 0.3) is 0 Å². The first-order valence-electron chi connectivity index (χ1n) is 6.13. The van der Waals surface area contributed by atoms with E-state index in [1.54, 1.807) is 24.3 Å². The number of hydrogen-bond donors (Lipinski definition) is 1. The van der Waals surface area contributed by atoms with Gasteiger partial charge in [-0.3, -0.25) is 0 Å². The Morgan fingerprint density at radius 2 is 1.83 bits per heavy atom. The van der Waals surface area contributed by atoms with Gasteiger partial charge in [0.05, 0.1) is 11.7 Å². The van der Waals surface area contributed by atoms with Gasteiger partial charge in [-0.1, -0.05) is 19.1 Å². The molecule has 0 saturated heterocycles. The molecular weight excluding hydrogens is 238 g/mol. The van der Waals surface area contributed by atoms with E-state index in [1.807, 2.05) is 13.8 Å². The lowest BCUT2D eigenvalue weighted by molar-refractivity contribution is -0.0124. The third-order valence-corrected chi connectivity index (χ3v) is 2.94. The highest BCUT2D eigenvalue weighted by Crippen LogP contribution is 2.29. The van der Waals surface area contributed by atoms with Crippen molar-refractivity contribution in [3.8, 4) is 5.75 Å². The molecule has 1 rings (SSSR count). The predicted molar refractivity (Wildman–Crippen MR) is 67.0 cm³/mol. The van der Waals surface area contributed by atoms with Crippen LogP contribution >= 0.6 is 0 Å². The lowest BCUT2D eigenvalue weighted by atomic mass is 9.93. The minimum Gasteiger partial charge on any atom is -0.491 e. The van der Waals surface area contributed by atoms with Gasteiger partial charge >= 0.3 is 0 Å². The fraction of sp³-hybridized carbons (Fsp3) is 0.571. The number of rotatable bonds is 6. The van der Waals surface area contributed by atoms with Crippen LogP contribution in [-0.4, -0.2) is 17.6 Å². The third-order valence-electron chi connectivity index (χ3n) is 2.94. The highest BCUT2D eigenvalue weighted by atomic mass is 19.3. The maximum Gasteiger partial charge on any atom is 0.241 e. The van der Waals surface area contributed by atoms with Gasteiger partial charge < -0.3 is 9.84 Å². The monoisotopic (exact) mass is 258 g/mol. The average Bonchev–Trinajstić information content (AvgIpc) is 2.28. The molecule has 0 aliphatic carbocycles. The van der Waals surface area contributed by atoms with E-state index in [0.717, 1.165) is 6.42 Å². The lowest BCUT2D eigenvalue weighted by Crippen LogP contribution is -2.24. The standard InChI is InChI=1S/C14H20F2O2/c1-4-10(2)18-12-7-5-11(6-8-12)14(3,17)9-13(15)16/h5-8,10,13,17H,4,9H2,1-3H3. The molecule has 0 fully saturated rings. The summed E-state index contributed by atoms with van der Waals surface area (Å²) in [6.45, 7) is 5.37. The van der Waals surface area contributed by atoms with Crippen molar-refractivity contribution in [2.75, 3.05) is 0 Å². The second kappa shape index (κ2) is 6.14. The fourth-order valence-corrected chi connectivity index (χ4v) is 1.63. The molecule has 0 aromatic heterocycles. The minimum absolute atomic E-state index is 0.109. The molecule has 0 aliphatic rings. The van der Waals surface area contributed by atoms with Gasteiger partial charge in [-0.15, -0.1) is 0 Å². The van der Waals surface area contributed by atoms with Crippen LogP contribution < -0.4 is 4.74 Å². The van der Waals surface area contributed by atoms with Crippen LogP contribution in [0.15, 0.2) is 24.3 Å². The Morgan fingerprint density at radius 3 is 2.28 bits per heavy atom. The molecule has 18 heavy (non-hydrogen) atoms. The van der Waals surface area contributed by atoms with Crippen LogP contribution in [-0.2, 0) is 5.60 Å². The summed E-state index contributed by atoms with van der Waals surface area (Å²) in [5.41, 5.74) is -1.04. The normalized spacial score (nSPS) is 16.4. The van der Waals surface area contributed by atoms with E-state index in [9.17, 15) is 13.9 Å². The van der Waals surface area contributed by atoms with E-state index in [2.05, 4.69) is 0 Å². The molecule has 1 aromatic rings. The average molecular weight is 258 g/mol. The summed E-state index contributed by atoms with van der Waals surface area (Å²) >= 11 is 0. The SMILES string of the molecule is CCC(C)Oc1ccc(C(C)(O)CC(F)F)cc1. The van der Waals surface area contributed by atoms with Crippen LogP contribution in [0.2, 0.25) is 0 Å². The molecule has 2 unspecified atom stereocenters. The molecule has 0 bridgehead atoms. The van der Waals surface area contributed by atoms with Crippen molar-refractivity contribution in [2.45, 2.75) is 51.7 Å². The maximum atomic E-state index is 12.3. The van der Waals surface area contributed by atoms with Crippen LogP contribution in [0.3, 0.4) is 0 Å². The van der Waals surface area contributed by atoms with E-state index in [1.165, 1.54) is 6.92 Å². The van der Waals surface area contributed by atoms with Crippen LogP contribution in [0.25, 0.3) is 0 Å². The van der Waals surface area contributed by atoms with Gasteiger partial charge in [0.1, 0.15) is 5.75 Å². The zero-order chi connectivity index (χ0) is 13.8. The van der Waals surface area contributed by atoms with Crippen molar-refractivity contribution < 1.29 is 18.6 Å². The summed E-state index contributed by atoms with van der Waals surface area (Å²) in [5.74, 6) is 0.681. The van der Waals surface area contributed by atoms with Gasteiger partial charge in [-0.2, -0.15) is 0 Å². The molecule has 2 nitrogen and oxygen atoms in total. The summed E-state index contributed by atoms with van der Waals surface area (Å²) in [6, 6.07) is 6.64. The van der Waals surface area contributed by atoms with Crippen molar-refractivity contribution in [3.63, 3.8) is 0 Å². The molecule has 0 radical (unpaired) electrons. The molecule has 1 aromatic carbocycles. The molecule has 4 heteroatoms. The molecule has 0 heterocycles. The van der Waals surface area contributed by atoms with Crippen LogP contribution in [0.4, 0.5) is 8.78 Å². The van der Waals surface area contributed by atoms with Gasteiger partial charge in [-0.05, 0) is 38.0 Å². The number of alkyl halides is 2. The van der Waals surface area contributed by atoms with Gasteiger partial charge in [0.15, 0.2) is 0 Å². The number of ether oxygens (including phenoxy) is 1. The van der Waals surface area contributed by atoms with E-state index < -0.39 is 18.4 Å². The summed E-state index contributed by atoms with van der Waals surface area (Å²) in [5, 5.41) is 9.95. The first-order chi connectivity index (χ1) is 8.35. The Kier molecular flexibility index (Phi) is 5.08. The molecule has 0 spiro atoms. The van der Waals surface area contributed by atoms with Crippen molar-refractivity contribution in [2.24, 2.45) is 0 Å². The Balaban J connectivity index is 2.75. The highest BCUT2D eigenvalue weighted by molar-refractivity contribution is 5.30. The van der Waals surface area contributed by atoms with Crippen LogP contribution in [0, 0.1) is 0 Å². The van der Waals surface area contributed by atoms with Crippen molar-refractivity contribution in [1.82, 2.24) is 0 Å². The largest absolute Gasteiger partial charge is 0.491 e. The van der Waals surface area contributed by atoms with E-state index in [-0.39, 0.29) is 6.10 Å². The van der Waals surface area contributed by atoms with Gasteiger partial charge in [-0.25, -0.2) is 8.78 Å². The highest BCUT2D eigenvalue weighted by Gasteiger charge is 2.27. The predicted octanol–water partition coefficient (Wildman–Crippen LogP) is 3.73. The second-order valence-corrected chi connectivity index (χ2v) is 4.73. The molecule has 0 saturated carbocycles. The summed E-state index contributed by atoms with van der Waals surface area (Å²) in [4.78, 5) is 0. The molecule has 0 amide bonds. The molecule has 1 N–H and O–H groups in total. The summed E-state index contributed by atoms with van der Waals surface area (Å²) in [7, 11) is 0. The molecular formula is C14H20F2O2. The van der Waals surface area contributed by atoms with Crippen molar-refractivity contribution in [3.05, 3.63) is 29.8 Å². The number of benzene rings is 1. The number of aliphatic hydroxyl groups is 1. The maximum absolute atomic E-state index is 12.3. The Hall–Kier alpha value is -1.16. The molecule has 2 atom stereocenters. The summed E-state index contributed by atoms with van der Waals surface area (Å²) in [6.07, 6.45) is -2.10. The van der Waals surface area contributed by atoms with Gasteiger partial charge in [0.2, 0.25) is 6.43 Å². The Labute approximate surface area is 107 Å². The van der Waals surface area contributed by atoms with Crippen LogP contribution in [0.5, 0.6) is 5.75 Å². The van der Waals surface area contributed by atoms with E-state index in [0.29, 0.717) is 11.3 Å². The van der Waals surface area contributed by atoms with Crippen molar-refractivity contribution in [1.29, 1.82) is 0 Å².